The molecule has 0 heterocycles. The van der Waals surface area contributed by atoms with Crippen LogP contribution in [0.15, 0.2) is 18.2 Å². The first-order valence-corrected chi connectivity index (χ1v) is 8.50. The molecular weight excluding hydrogens is 358 g/mol. The Morgan fingerprint density at radius 1 is 1.22 bits per heavy atom. The Bertz CT molecular complexity index is 729. The molecule has 0 aromatic heterocycles. The van der Waals surface area contributed by atoms with Gasteiger partial charge < -0.3 is 14.8 Å². The van der Waals surface area contributed by atoms with Crippen molar-refractivity contribution < 1.29 is 28.8 Å². The van der Waals surface area contributed by atoms with E-state index in [1.54, 1.807) is 0 Å². The van der Waals surface area contributed by atoms with Crippen molar-refractivity contribution in [2.45, 2.75) is 38.1 Å². The van der Waals surface area contributed by atoms with Gasteiger partial charge in [0, 0.05) is 18.2 Å². The van der Waals surface area contributed by atoms with Crippen molar-refractivity contribution in [2.75, 3.05) is 13.7 Å². The zero-order chi connectivity index (χ0) is 19.8. The fraction of sp³-hybridized carbons (Fsp3) is 0.471. The first-order chi connectivity index (χ1) is 12.9. The summed E-state index contributed by atoms with van der Waals surface area (Å²) < 4.78 is 9.69. The maximum Gasteiger partial charge on any atom is 0.337 e. The number of nitrogens with one attached hydrogen (secondary N) is 2. The Hall–Kier alpha value is -3.17. The number of carbonyl (C=O) groups is 3. The zero-order valence-corrected chi connectivity index (χ0v) is 14.9. The van der Waals surface area contributed by atoms with E-state index in [4.69, 9.17) is 4.74 Å². The van der Waals surface area contributed by atoms with E-state index in [-0.39, 0.29) is 17.4 Å². The molecule has 1 fully saturated rings. The molecule has 1 aromatic rings. The molecule has 0 atom stereocenters. The van der Waals surface area contributed by atoms with Gasteiger partial charge in [0.05, 0.1) is 17.6 Å². The van der Waals surface area contributed by atoms with Gasteiger partial charge in [-0.2, -0.15) is 0 Å². The van der Waals surface area contributed by atoms with Crippen molar-refractivity contribution in [3.8, 4) is 5.75 Å². The van der Waals surface area contributed by atoms with E-state index in [2.05, 4.69) is 15.4 Å². The van der Waals surface area contributed by atoms with Gasteiger partial charge in [-0.15, -0.1) is 0 Å². The number of methoxy groups -OCH3 is 1. The number of nitro groups is 1. The van der Waals surface area contributed by atoms with Crippen LogP contribution in [0.1, 0.15) is 42.5 Å². The van der Waals surface area contributed by atoms with Gasteiger partial charge in [0.1, 0.15) is 0 Å². The third kappa shape index (κ3) is 5.94. The summed E-state index contributed by atoms with van der Waals surface area (Å²) in [6.07, 6.45) is 4.93. The fourth-order valence-electron chi connectivity index (χ4n) is 2.80. The number of nitro benzene ring substituents is 1. The molecule has 1 aromatic carbocycles. The van der Waals surface area contributed by atoms with Crippen molar-refractivity contribution in [1.29, 1.82) is 0 Å². The van der Waals surface area contributed by atoms with Crippen molar-refractivity contribution >= 4 is 23.6 Å². The molecule has 0 bridgehead atoms. The Morgan fingerprint density at radius 2 is 1.93 bits per heavy atom. The van der Waals surface area contributed by atoms with Crippen LogP contribution in [-0.4, -0.2) is 42.6 Å². The molecule has 2 rings (SSSR count). The molecular formula is C17H21N3O7. The van der Waals surface area contributed by atoms with E-state index < -0.39 is 35.1 Å². The van der Waals surface area contributed by atoms with Crippen LogP contribution in [0.3, 0.4) is 0 Å². The van der Waals surface area contributed by atoms with Gasteiger partial charge in [0.25, 0.3) is 5.91 Å². The second-order valence-corrected chi connectivity index (χ2v) is 6.08. The number of carbonyl (C=O) groups excluding carboxylic acids is 3. The molecule has 0 saturated heterocycles. The van der Waals surface area contributed by atoms with E-state index in [1.165, 1.54) is 13.2 Å². The Morgan fingerprint density at radius 3 is 2.56 bits per heavy atom. The largest absolute Gasteiger partial charge is 0.477 e. The summed E-state index contributed by atoms with van der Waals surface area (Å²) >= 11 is 0. The average Bonchev–Trinajstić information content (AvgIpc) is 2.66. The van der Waals surface area contributed by atoms with E-state index in [0.717, 1.165) is 44.2 Å². The van der Waals surface area contributed by atoms with Crippen molar-refractivity contribution in [3.05, 3.63) is 33.9 Å². The summed E-state index contributed by atoms with van der Waals surface area (Å²) in [6, 6.07) is 2.81. The summed E-state index contributed by atoms with van der Waals surface area (Å²) in [7, 11) is 1.17. The molecule has 27 heavy (non-hydrogen) atoms. The highest BCUT2D eigenvalue weighted by atomic mass is 16.6. The summed E-state index contributed by atoms with van der Waals surface area (Å²) in [5.74, 6) is -1.74. The summed E-state index contributed by atoms with van der Waals surface area (Å²) in [6.45, 7) is -0.621. The molecule has 1 saturated carbocycles. The van der Waals surface area contributed by atoms with Crippen LogP contribution in [0.25, 0.3) is 0 Å². The smallest absolute Gasteiger partial charge is 0.337 e. The van der Waals surface area contributed by atoms with Gasteiger partial charge in [0.2, 0.25) is 0 Å². The van der Waals surface area contributed by atoms with Crippen LogP contribution < -0.4 is 15.4 Å². The predicted molar refractivity (Wildman–Crippen MR) is 93.5 cm³/mol. The highest BCUT2D eigenvalue weighted by Crippen LogP contribution is 2.28. The van der Waals surface area contributed by atoms with Crippen molar-refractivity contribution in [1.82, 2.24) is 10.6 Å². The number of esters is 1. The molecule has 3 amide bonds. The quantitative estimate of drug-likeness (QED) is 0.437. The Kier molecular flexibility index (Phi) is 7.09. The number of benzene rings is 1. The maximum absolute atomic E-state index is 11.9. The van der Waals surface area contributed by atoms with Crippen molar-refractivity contribution in [3.63, 3.8) is 0 Å². The number of urea groups is 1. The minimum atomic E-state index is -0.763. The third-order valence-electron chi connectivity index (χ3n) is 4.13. The average molecular weight is 379 g/mol. The molecule has 2 N–H and O–H groups in total. The first kappa shape index (κ1) is 20.1. The SMILES string of the molecule is COC(=O)c1ccc([N+](=O)[O-])c(OCC(=O)NC(=O)NC2CCCCC2)c1. The van der Waals surface area contributed by atoms with Gasteiger partial charge in [-0.25, -0.2) is 9.59 Å². The fourth-order valence-corrected chi connectivity index (χ4v) is 2.80. The van der Waals surface area contributed by atoms with Gasteiger partial charge in [-0.05, 0) is 18.9 Å². The summed E-state index contributed by atoms with van der Waals surface area (Å²) in [5, 5.41) is 15.9. The van der Waals surface area contributed by atoms with E-state index >= 15 is 0 Å². The monoisotopic (exact) mass is 379 g/mol. The normalized spacial score (nSPS) is 14.1. The van der Waals surface area contributed by atoms with Gasteiger partial charge in [-0.3, -0.25) is 20.2 Å². The number of hydrogen-bond donors (Lipinski definition) is 2. The molecule has 0 aliphatic heterocycles. The van der Waals surface area contributed by atoms with Crippen LogP contribution in [0.2, 0.25) is 0 Å². The molecule has 1 aliphatic rings. The lowest BCUT2D eigenvalue weighted by Gasteiger charge is -2.22. The lowest BCUT2D eigenvalue weighted by molar-refractivity contribution is -0.385. The summed E-state index contributed by atoms with van der Waals surface area (Å²) in [4.78, 5) is 45.6. The number of hydrogen-bond acceptors (Lipinski definition) is 7. The van der Waals surface area contributed by atoms with Gasteiger partial charge in [0.15, 0.2) is 12.4 Å². The molecule has 0 spiro atoms. The van der Waals surface area contributed by atoms with Crippen LogP contribution in [-0.2, 0) is 9.53 Å². The third-order valence-corrected chi connectivity index (χ3v) is 4.13. The lowest BCUT2D eigenvalue weighted by atomic mass is 9.96. The minimum absolute atomic E-state index is 0.0327. The van der Waals surface area contributed by atoms with E-state index in [9.17, 15) is 24.5 Å². The van der Waals surface area contributed by atoms with Crippen LogP contribution in [0, 0.1) is 10.1 Å². The molecule has 10 heteroatoms. The number of rotatable bonds is 6. The van der Waals surface area contributed by atoms with Gasteiger partial charge in [-0.1, -0.05) is 19.3 Å². The summed E-state index contributed by atoms with van der Waals surface area (Å²) in [5.41, 5.74) is -0.379. The van der Waals surface area contributed by atoms with Crippen LogP contribution in [0.5, 0.6) is 5.75 Å². The Balaban J connectivity index is 1.93. The van der Waals surface area contributed by atoms with Crippen LogP contribution in [0.4, 0.5) is 10.5 Å². The highest BCUT2D eigenvalue weighted by Gasteiger charge is 2.21. The Labute approximate surface area is 155 Å². The first-order valence-electron chi connectivity index (χ1n) is 8.50. The molecule has 0 unspecified atom stereocenters. The standard InChI is InChI=1S/C17H21N3O7/c1-26-16(22)11-7-8-13(20(24)25)14(9-11)27-10-15(21)19-17(23)18-12-5-3-2-4-6-12/h7-9,12H,2-6,10H2,1H3,(H2,18,19,21,23). The molecule has 146 valence electrons. The second kappa shape index (κ2) is 9.51. The second-order valence-electron chi connectivity index (χ2n) is 6.08. The van der Waals surface area contributed by atoms with Gasteiger partial charge >= 0.3 is 17.7 Å². The lowest BCUT2D eigenvalue weighted by Crippen LogP contribution is -2.46. The minimum Gasteiger partial charge on any atom is -0.477 e. The molecule has 10 nitrogen and oxygen atoms in total. The number of ether oxygens (including phenoxy) is 2. The van der Waals surface area contributed by atoms with E-state index in [0.29, 0.717) is 0 Å². The number of nitrogens with zero attached hydrogens (tertiary/aromatic N) is 1. The topological polar surface area (TPSA) is 137 Å². The zero-order valence-electron chi connectivity index (χ0n) is 14.9. The molecule has 0 radical (unpaired) electrons. The van der Waals surface area contributed by atoms with E-state index in [1.807, 2.05) is 0 Å². The predicted octanol–water partition coefficient (Wildman–Crippen LogP) is 1.92. The van der Waals surface area contributed by atoms with Crippen molar-refractivity contribution in [2.24, 2.45) is 0 Å². The number of imide groups is 1. The highest BCUT2D eigenvalue weighted by molar-refractivity contribution is 5.95. The number of amides is 3. The van der Waals surface area contributed by atoms with Crippen LogP contribution >= 0.6 is 0 Å². The maximum atomic E-state index is 11.9. The molecule has 1 aliphatic carbocycles.